The van der Waals surface area contributed by atoms with Gasteiger partial charge in [-0.3, -0.25) is 4.79 Å². The number of ketones is 1. The molecule has 1 aromatic carbocycles. The molecule has 0 bridgehead atoms. The molecule has 1 aromatic rings. The minimum absolute atomic E-state index is 0.0363. The molecule has 1 unspecified atom stereocenters. The molecular formula is C14H15Br2F3O2. The highest BCUT2D eigenvalue weighted by Gasteiger charge is 2.32. The van der Waals surface area contributed by atoms with Gasteiger partial charge >= 0.3 is 6.36 Å². The van der Waals surface area contributed by atoms with Gasteiger partial charge in [-0.05, 0) is 40.0 Å². The molecular weight excluding hydrogens is 417 g/mol. The molecule has 0 heterocycles. The van der Waals surface area contributed by atoms with Crippen molar-refractivity contribution < 1.29 is 22.7 Å². The second kappa shape index (κ2) is 6.69. The summed E-state index contributed by atoms with van der Waals surface area (Å²) in [5.74, 6) is -0.270. The second-order valence-electron chi connectivity index (χ2n) is 5.60. The fourth-order valence-corrected chi connectivity index (χ4v) is 3.22. The normalized spacial score (nSPS) is 13.9. The molecule has 0 aliphatic carbocycles. The molecule has 118 valence electrons. The molecule has 0 aliphatic heterocycles. The quantitative estimate of drug-likeness (QED) is 0.607. The summed E-state index contributed by atoms with van der Waals surface area (Å²) in [6.45, 7) is 5.46. The van der Waals surface area contributed by atoms with Gasteiger partial charge in [-0.2, -0.15) is 0 Å². The van der Waals surface area contributed by atoms with E-state index in [0.29, 0.717) is 6.42 Å². The fraction of sp³-hybridized carbons (Fsp3) is 0.500. The summed E-state index contributed by atoms with van der Waals surface area (Å²) in [4.78, 5) is 11.7. The number of Topliss-reactive ketones (excluding diaryl/α,β-unsaturated/α-hetero) is 1. The number of carbonyl (C=O) groups excluding carboxylic acids is 1. The van der Waals surface area contributed by atoms with E-state index in [2.05, 4.69) is 36.6 Å². The summed E-state index contributed by atoms with van der Waals surface area (Å²) in [7, 11) is 0. The van der Waals surface area contributed by atoms with Crippen LogP contribution in [0.25, 0.3) is 0 Å². The van der Waals surface area contributed by atoms with E-state index in [1.165, 1.54) is 18.2 Å². The highest BCUT2D eigenvalue weighted by Crippen LogP contribution is 2.32. The number of hydrogen-bond acceptors (Lipinski definition) is 2. The fourth-order valence-electron chi connectivity index (χ4n) is 1.65. The Labute approximate surface area is 138 Å². The van der Waals surface area contributed by atoms with E-state index in [1.54, 1.807) is 0 Å². The standard InChI is InChI=1S/C14H15Br2F3O2/c1-13(2,3)12(20)10(16)7-8-4-5-11(9(15)6-8)21-14(17,18)19/h4-6,10H,7H2,1-3H3. The Morgan fingerprint density at radius 3 is 2.29 bits per heavy atom. The first kappa shape index (κ1) is 18.5. The van der Waals surface area contributed by atoms with Crippen molar-refractivity contribution in [1.29, 1.82) is 0 Å². The van der Waals surface area contributed by atoms with Gasteiger partial charge in [0.2, 0.25) is 0 Å². The van der Waals surface area contributed by atoms with E-state index in [4.69, 9.17) is 0 Å². The number of hydrogen-bond donors (Lipinski definition) is 0. The summed E-state index contributed by atoms with van der Waals surface area (Å²) in [5, 5.41) is 0. The first-order valence-corrected chi connectivity index (χ1v) is 7.83. The number of benzene rings is 1. The van der Waals surface area contributed by atoms with Crippen LogP contribution in [0.15, 0.2) is 22.7 Å². The van der Waals surface area contributed by atoms with E-state index in [9.17, 15) is 18.0 Å². The van der Waals surface area contributed by atoms with Crippen molar-refractivity contribution in [2.24, 2.45) is 5.41 Å². The zero-order chi connectivity index (χ0) is 16.4. The van der Waals surface area contributed by atoms with Crippen LogP contribution in [0, 0.1) is 5.41 Å². The van der Waals surface area contributed by atoms with Crippen LogP contribution in [0.1, 0.15) is 26.3 Å². The molecule has 1 rings (SSSR count). The van der Waals surface area contributed by atoms with Crippen LogP contribution in [0.4, 0.5) is 13.2 Å². The van der Waals surface area contributed by atoms with Crippen LogP contribution in [-0.4, -0.2) is 17.0 Å². The maximum absolute atomic E-state index is 12.2. The minimum atomic E-state index is -4.73. The van der Waals surface area contributed by atoms with E-state index in [0.717, 1.165) is 5.56 Å². The lowest BCUT2D eigenvalue weighted by molar-refractivity contribution is -0.274. The third kappa shape index (κ3) is 5.98. The van der Waals surface area contributed by atoms with Crippen LogP contribution in [0.5, 0.6) is 5.75 Å². The summed E-state index contributed by atoms with van der Waals surface area (Å²) < 4.78 is 40.6. The molecule has 0 fully saturated rings. The highest BCUT2D eigenvalue weighted by molar-refractivity contribution is 9.10. The predicted octanol–water partition coefficient (Wildman–Crippen LogP) is 5.27. The van der Waals surface area contributed by atoms with E-state index >= 15 is 0 Å². The van der Waals surface area contributed by atoms with Crippen molar-refractivity contribution in [3.05, 3.63) is 28.2 Å². The predicted molar refractivity (Wildman–Crippen MR) is 81.7 cm³/mol. The number of rotatable bonds is 4. The van der Waals surface area contributed by atoms with Crippen LogP contribution in [0.3, 0.4) is 0 Å². The lowest BCUT2D eigenvalue weighted by Crippen LogP contribution is -2.30. The minimum Gasteiger partial charge on any atom is -0.405 e. The average molecular weight is 432 g/mol. The molecule has 0 aliphatic rings. The zero-order valence-electron chi connectivity index (χ0n) is 11.7. The van der Waals surface area contributed by atoms with Crippen LogP contribution in [-0.2, 0) is 11.2 Å². The van der Waals surface area contributed by atoms with Gasteiger partial charge < -0.3 is 4.74 Å². The number of alkyl halides is 4. The van der Waals surface area contributed by atoms with Crippen molar-refractivity contribution >= 4 is 37.6 Å². The molecule has 0 aromatic heterocycles. The van der Waals surface area contributed by atoms with Gasteiger partial charge in [0.05, 0.1) is 9.30 Å². The molecule has 21 heavy (non-hydrogen) atoms. The summed E-state index contributed by atoms with van der Waals surface area (Å²) >= 11 is 6.37. The van der Waals surface area contributed by atoms with Gasteiger partial charge in [-0.1, -0.05) is 42.8 Å². The van der Waals surface area contributed by atoms with Gasteiger partial charge in [-0.15, -0.1) is 13.2 Å². The summed E-state index contributed by atoms with van der Waals surface area (Å²) in [5.41, 5.74) is 0.251. The molecule has 7 heteroatoms. The topological polar surface area (TPSA) is 26.3 Å². The Morgan fingerprint density at radius 1 is 1.29 bits per heavy atom. The molecule has 0 spiro atoms. The lowest BCUT2D eigenvalue weighted by Gasteiger charge is -2.21. The number of ether oxygens (including phenoxy) is 1. The lowest BCUT2D eigenvalue weighted by atomic mass is 9.87. The van der Waals surface area contributed by atoms with Gasteiger partial charge in [0.1, 0.15) is 5.75 Å². The molecule has 0 saturated carbocycles. The molecule has 0 saturated heterocycles. The van der Waals surface area contributed by atoms with Gasteiger partial charge in [0.15, 0.2) is 5.78 Å². The van der Waals surface area contributed by atoms with Crippen molar-refractivity contribution in [2.45, 2.75) is 38.4 Å². The Bertz CT molecular complexity index is 522. The number of carbonyl (C=O) groups is 1. The summed E-state index contributed by atoms with van der Waals surface area (Å²) in [6, 6.07) is 4.26. The van der Waals surface area contributed by atoms with Crippen LogP contribution in [0.2, 0.25) is 0 Å². The third-order valence-corrected chi connectivity index (χ3v) is 4.02. The third-order valence-electron chi connectivity index (χ3n) is 2.66. The SMILES string of the molecule is CC(C)(C)C(=O)C(Br)Cc1ccc(OC(F)(F)F)c(Br)c1. The second-order valence-corrected chi connectivity index (χ2v) is 7.56. The molecule has 2 nitrogen and oxygen atoms in total. The van der Waals surface area contributed by atoms with Gasteiger partial charge in [-0.25, -0.2) is 0 Å². The Balaban J connectivity index is 2.83. The van der Waals surface area contributed by atoms with E-state index in [1.807, 2.05) is 20.8 Å². The van der Waals surface area contributed by atoms with Crippen LogP contribution >= 0.6 is 31.9 Å². The van der Waals surface area contributed by atoms with Crippen molar-refractivity contribution in [3.8, 4) is 5.75 Å². The average Bonchev–Trinajstić information content (AvgIpc) is 2.29. The highest BCUT2D eigenvalue weighted by atomic mass is 79.9. The molecule has 1 atom stereocenters. The smallest absolute Gasteiger partial charge is 0.405 e. The van der Waals surface area contributed by atoms with E-state index in [-0.39, 0.29) is 16.0 Å². The van der Waals surface area contributed by atoms with Crippen molar-refractivity contribution in [2.75, 3.05) is 0 Å². The van der Waals surface area contributed by atoms with E-state index < -0.39 is 16.6 Å². The number of halogens is 5. The Kier molecular flexibility index (Phi) is 5.89. The molecule has 0 radical (unpaired) electrons. The van der Waals surface area contributed by atoms with Crippen molar-refractivity contribution in [1.82, 2.24) is 0 Å². The zero-order valence-corrected chi connectivity index (χ0v) is 14.9. The molecule has 0 N–H and O–H groups in total. The Morgan fingerprint density at radius 2 is 1.86 bits per heavy atom. The van der Waals surface area contributed by atoms with Crippen LogP contribution < -0.4 is 4.74 Å². The Hall–Kier alpha value is -0.560. The largest absolute Gasteiger partial charge is 0.573 e. The molecule has 0 amide bonds. The van der Waals surface area contributed by atoms with Gasteiger partial charge in [0, 0.05) is 5.41 Å². The first-order valence-electron chi connectivity index (χ1n) is 6.13. The summed E-state index contributed by atoms with van der Waals surface area (Å²) in [6.07, 6.45) is -4.34. The maximum atomic E-state index is 12.2. The first-order chi connectivity index (χ1) is 9.40. The monoisotopic (exact) mass is 430 g/mol. The maximum Gasteiger partial charge on any atom is 0.573 e. The van der Waals surface area contributed by atoms with Crippen molar-refractivity contribution in [3.63, 3.8) is 0 Å². The van der Waals surface area contributed by atoms with Gasteiger partial charge in [0.25, 0.3) is 0 Å².